The van der Waals surface area contributed by atoms with E-state index in [0.717, 1.165) is 11.3 Å². The summed E-state index contributed by atoms with van der Waals surface area (Å²) in [6, 6.07) is 1.30. The molecule has 1 heterocycles. The molecule has 0 aromatic carbocycles. The van der Waals surface area contributed by atoms with E-state index in [4.69, 9.17) is 16.7 Å². The third-order valence-corrected chi connectivity index (χ3v) is 5.28. The number of thiophene rings is 1. The Hall–Kier alpha value is -0.280. The molecule has 1 aromatic rings. The van der Waals surface area contributed by atoms with Crippen LogP contribution in [0.5, 0.6) is 0 Å². The van der Waals surface area contributed by atoms with E-state index in [-0.39, 0.29) is 4.21 Å². The maximum atomic E-state index is 12.7. The van der Waals surface area contributed by atoms with Crippen LogP contribution in [0.2, 0.25) is 4.34 Å². The molecule has 0 amide bonds. The third kappa shape index (κ3) is 3.85. The number of halogens is 3. The molecule has 98 valence electrons. The second-order valence-corrected chi connectivity index (χ2v) is 7.01. The van der Waals surface area contributed by atoms with Crippen molar-refractivity contribution in [2.24, 2.45) is 0 Å². The topological polar surface area (TPSA) is 66.4 Å². The summed E-state index contributed by atoms with van der Waals surface area (Å²) in [6.07, 6.45) is 0. The lowest BCUT2D eigenvalue weighted by molar-refractivity contribution is -0.0437. The number of aryl methyl sites for hydroxylation is 1. The first-order valence-electron chi connectivity index (χ1n) is 4.42. The van der Waals surface area contributed by atoms with Gasteiger partial charge in [0.05, 0.1) is 10.9 Å². The largest absolute Gasteiger partial charge is 0.390 e. The van der Waals surface area contributed by atoms with Crippen molar-refractivity contribution in [3.05, 3.63) is 16.0 Å². The first-order chi connectivity index (χ1) is 7.68. The molecule has 4 nitrogen and oxygen atoms in total. The van der Waals surface area contributed by atoms with Crippen LogP contribution in [0, 0.1) is 6.92 Å². The summed E-state index contributed by atoms with van der Waals surface area (Å²) in [4.78, 5) is 0. The van der Waals surface area contributed by atoms with E-state index in [0.29, 0.717) is 9.90 Å². The number of nitrogens with one attached hydrogen (secondary N) is 1. The van der Waals surface area contributed by atoms with Crippen LogP contribution in [0.1, 0.15) is 5.56 Å². The Labute approximate surface area is 106 Å². The molecule has 0 aliphatic heterocycles. The zero-order chi connectivity index (χ0) is 13.3. The van der Waals surface area contributed by atoms with Crippen LogP contribution in [0.15, 0.2) is 10.3 Å². The van der Waals surface area contributed by atoms with Gasteiger partial charge in [0.15, 0.2) is 0 Å². The molecule has 0 unspecified atom stereocenters. The second kappa shape index (κ2) is 5.15. The number of aliphatic hydroxyl groups is 1. The molecule has 0 saturated carbocycles. The first-order valence-corrected chi connectivity index (χ1v) is 7.10. The van der Waals surface area contributed by atoms with Crippen LogP contribution in [0.4, 0.5) is 8.78 Å². The van der Waals surface area contributed by atoms with Crippen molar-refractivity contribution in [1.29, 1.82) is 0 Å². The average Bonchev–Trinajstić information content (AvgIpc) is 2.58. The number of rotatable bonds is 5. The normalized spacial score (nSPS) is 13.0. The Kier molecular flexibility index (Phi) is 4.48. The fourth-order valence-electron chi connectivity index (χ4n) is 0.892. The molecular weight excluding hydrogens is 296 g/mol. The van der Waals surface area contributed by atoms with Crippen molar-refractivity contribution in [1.82, 2.24) is 4.72 Å². The molecule has 1 aromatic heterocycles. The summed E-state index contributed by atoms with van der Waals surface area (Å²) in [6.45, 7) is -0.958. The van der Waals surface area contributed by atoms with Gasteiger partial charge in [-0.15, -0.1) is 11.3 Å². The zero-order valence-electron chi connectivity index (χ0n) is 8.71. The van der Waals surface area contributed by atoms with E-state index in [9.17, 15) is 17.2 Å². The van der Waals surface area contributed by atoms with Gasteiger partial charge in [-0.2, -0.15) is 0 Å². The molecule has 1 rings (SSSR count). The van der Waals surface area contributed by atoms with Crippen molar-refractivity contribution in [2.45, 2.75) is 17.1 Å². The van der Waals surface area contributed by atoms with E-state index in [1.807, 2.05) is 0 Å². The summed E-state index contributed by atoms with van der Waals surface area (Å²) in [5.74, 6) is -3.48. The molecule has 2 N–H and O–H groups in total. The van der Waals surface area contributed by atoms with E-state index >= 15 is 0 Å². The van der Waals surface area contributed by atoms with Gasteiger partial charge in [-0.05, 0) is 18.6 Å². The van der Waals surface area contributed by atoms with Crippen LogP contribution in [0.3, 0.4) is 0 Å². The Bertz CT molecular complexity index is 481. The molecule has 0 atom stereocenters. The molecule has 0 saturated heterocycles. The first kappa shape index (κ1) is 14.8. The number of alkyl halides is 2. The maximum Gasteiger partial charge on any atom is 0.283 e. The smallest absolute Gasteiger partial charge is 0.283 e. The highest BCUT2D eigenvalue weighted by molar-refractivity contribution is 7.91. The van der Waals surface area contributed by atoms with Gasteiger partial charge < -0.3 is 5.11 Å². The molecular formula is C8H10ClF2NO3S2. The highest BCUT2D eigenvalue weighted by atomic mass is 35.5. The summed E-state index contributed by atoms with van der Waals surface area (Å²) < 4.78 is 50.4. The SMILES string of the molecule is Cc1cc(S(=O)(=O)NCC(F)(F)CO)sc1Cl. The predicted molar refractivity (Wildman–Crippen MR) is 61.3 cm³/mol. The highest BCUT2D eigenvalue weighted by Gasteiger charge is 2.30. The fraction of sp³-hybridized carbons (Fsp3) is 0.500. The monoisotopic (exact) mass is 305 g/mol. The molecule has 0 spiro atoms. The Balaban J connectivity index is 2.83. The van der Waals surface area contributed by atoms with E-state index in [1.54, 1.807) is 11.6 Å². The van der Waals surface area contributed by atoms with Crippen molar-refractivity contribution in [2.75, 3.05) is 13.2 Å². The Morgan fingerprint density at radius 2 is 2.18 bits per heavy atom. The molecule has 0 bridgehead atoms. The molecule has 0 aliphatic rings. The minimum atomic E-state index is -4.01. The molecule has 17 heavy (non-hydrogen) atoms. The van der Waals surface area contributed by atoms with Crippen molar-refractivity contribution < 1.29 is 22.3 Å². The van der Waals surface area contributed by atoms with Gasteiger partial charge in [-0.3, -0.25) is 0 Å². The van der Waals surface area contributed by atoms with Crippen LogP contribution in [-0.4, -0.2) is 32.6 Å². The Morgan fingerprint density at radius 3 is 2.59 bits per heavy atom. The number of sulfonamides is 1. The zero-order valence-corrected chi connectivity index (χ0v) is 11.1. The van der Waals surface area contributed by atoms with Crippen LogP contribution < -0.4 is 4.72 Å². The second-order valence-electron chi connectivity index (χ2n) is 3.36. The molecule has 9 heteroatoms. The van der Waals surface area contributed by atoms with Crippen molar-refractivity contribution in [3.8, 4) is 0 Å². The lowest BCUT2D eigenvalue weighted by Gasteiger charge is -2.13. The minimum absolute atomic E-state index is 0.131. The van der Waals surface area contributed by atoms with Gasteiger partial charge in [-0.25, -0.2) is 21.9 Å². The summed E-state index contributed by atoms with van der Waals surface area (Å²) >= 11 is 6.48. The summed E-state index contributed by atoms with van der Waals surface area (Å²) in [5, 5.41) is 8.31. The predicted octanol–water partition coefficient (Wildman–Crippen LogP) is 1.62. The minimum Gasteiger partial charge on any atom is -0.390 e. The standard InChI is InChI=1S/C8H10ClF2NO3S2/c1-5-2-6(16-7(5)9)17(14,15)12-3-8(10,11)4-13/h2,12-13H,3-4H2,1H3. The molecule has 0 radical (unpaired) electrons. The van der Waals surface area contributed by atoms with Gasteiger partial charge in [0.1, 0.15) is 10.8 Å². The Morgan fingerprint density at radius 1 is 1.59 bits per heavy atom. The third-order valence-electron chi connectivity index (χ3n) is 1.85. The summed E-state index contributed by atoms with van der Waals surface area (Å²) in [7, 11) is -4.01. The van der Waals surface area contributed by atoms with Gasteiger partial charge in [0, 0.05) is 0 Å². The average molecular weight is 306 g/mol. The lowest BCUT2D eigenvalue weighted by Crippen LogP contribution is -2.38. The van der Waals surface area contributed by atoms with Gasteiger partial charge in [-0.1, -0.05) is 11.6 Å². The van der Waals surface area contributed by atoms with Gasteiger partial charge in [0.25, 0.3) is 5.92 Å². The molecule has 0 aliphatic carbocycles. The van der Waals surface area contributed by atoms with Gasteiger partial charge in [0.2, 0.25) is 10.0 Å². The van der Waals surface area contributed by atoms with Crippen molar-refractivity contribution >= 4 is 33.0 Å². The van der Waals surface area contributed by atoms with E-state index in [1.165, 1.54) is 6.07 Å². The number of hydrogen-bond donors (Lipinski definition) is 2. The van der Waals surface area contributed by atoms with Crippen molar-refractivity contribution in [3.63, 3.8) is 0 Å². The fourth-order valence-corrected chi connectivity index (χ4v) is 3.71. The lowest BCUT2D eigenvalue weighted by atomic mass is 10.4. The maximum absolute atomic E-state index is 12.7. The highest BCUT2D eigenvalue weighted by Crippen LogP contribution is 2.30. The number of hydrogen-bond acceptors (Lipinski definition) is 4. The van der Waals surface area contributed by atoms with E-state index < -0.39 is 29.1 Å². The van der Waals surface area contributed by atoms with Crippen LogP contribution in [0.25, 0.3) is 0 Å². The number of aliphatic hydroxyl groups excluding tert-OH is 1. The van der Waals surface area contributed by atoms with Crippen LogP contribution in [-0.2, 0) is 10.0 Å². The quantitative estimate of drug-likeness (QED) is 0.868. The van der Waals surface area contributed by atoms with E-state index in [2.05, 4.69) is 0 Å². The molecule has 0 fully saturated rings. The van der Waals surface area contributed by atoms with Gasteiger partial charge >= 0.3 is 0 Å². The summed E-state index contributed by atoms with van der Waals surface area (Å²) in [5.41, 5.74) is 0.561. The van der Waals surface area contributed by atoms with Crippen LogP contribution >= 0.6 is 22.9 Å².